The number of nitrogens with one attached hydrogen (secondary N) is 1. The molecule has 1 heterocycles. The first-order valence-corrected chi connectivity index (χ1v) is 6.59. The predicted octanol–water partition coefficient (Wildman–Crippen LogP) is 1.82. The van der Waals surface area contributed by atoms with Crippen molar-refractivity contribution in [2.45, 2.75) is 19.1 Å². The van der Waals surface area contributed by atoms with Gasteiger partial charge in [0.1, 0.15) is 6.10 Å². The second kappa shape index (κ2) is 6.86. The maximum absolute atomic E-state index is 11.3. The summed E-state index contributed by atoms with van der Waals surface area (Å²) >= 11 is 1.53. The number of thiophene rings is 1. The molecule has 0 saturated heterocycles. The van der Waals surface area contributed by atoms with E-state index in [-0.39, 0.29) is 24.9 Å². The van der Waals surface area contributed by atoms with Gasteiger partial charge in [0.05, 0.1) is 6.04 Å². The fourth-order valence-electron chi connectivity index (χ4n) is 1.63. The Balaban J connectivity index is 0.00000180. The van der Waals surface area contributed by atoms with E-state index in [0.29, 0.717) is 0 Å². The maximum atomic E-state index is 11.3. The van der Waals surface area contributed by atoms with Crippen LogP contribution in [0.1, 0.15) is 17.9 Å². The lowest BCUT2D eigenvalue weighted by atomic mass is 10.2. The number of benzene rings is 1. The summed E-state index contributed by atoms with van der Waals surface area (Å²) in [6, 6.07) is 9.33. The Hall–Kier alpha value is -1.14. The highest BCUT2D eigenvalue weighted by Crippen LogP contribution is 2.29. The lowest BCUT2D eigenvalue weighted by Gasteiger charge is -2.11. The highest BCUT2D eigenvalue weighted by Gasteiger charge is 2.14. The number of aliphatic hydroxyl groups excluding tert-OH is 1. The molecule has 2 rings (SSSR count). The van der Waals surface area contributed by atoms with Crippen molar-refractivity contribution >= 4 is 39.7 Å². The van der Waals surface area contributed by atoms with Crippen LogP contribution in [-0.4, -0.2) is 23.6 Å². The third kappa shape index (κ3) is 3.91. The van der Waals surface area contributed by atoms with Crippen molar-refractivity contribution in [3.8, 4) is 0 Å². The zero-order chi connectivity index (χ0) is 13.1. The van der Waals surface area contributed by atoms with E-state index < -0.39 is 12.1 Å². The van der Waals surface area contributed by atoms with E-state index in [4.69, 9.17) is 5.73 Å². The quantitative estimate of drug-likeness (QED) is 0.806. The summed E-state index contributed by atoms with van der Waals surface area (Å²) in [7, 11) is 0. The van der Waals surface area contributed by atoms with E-state index in [0.717, 1.165) is 15.0 Å². The zero-order valence-corrected chi connectivity index (χ0v) is 12.1. The maximum Gasteiger partial charge on any atom is 0.236 e. The average Bonchev–Trinajstić information content (AvgIpc) is 2.79. The number of amides is 1. The molecular formula is C13H17ClN2O2S. The largest absolute Gasteiger partial charge is 0.386 e. The van der Waals surface area contributed by atoms with Crippen molar-refractivity contribution in [3.63, 3.8) is 0 Å². The van der Waals surface area contributed by atoms with Crippen LogP contribution in [0.15, 0.2) is 30.3 Å². The van der Waals surface area contributed by atoms with Gasteiger partial charge in [-0.15, -0.1) is 23.7 Å². The van der Waals surface area contributed by atoms with Crippen LogP contribution in [-0.2, 0) is 4.79 Å². The van der Waals surface area contributed by atoms with Crippen molar-refractivity contribution in [1.29, 1.82) is 0 Å². The molecule has 1 unspecified atom stereocenters. The first kappa shape index (κ1) is 15.9. The number of aliphatic hydroxyl groups is 1. The van der Waals surface area contributed by atoms with Crippen molar-refractivity contribution < 1.29 is 9.90 Å². The molecule has 2 atom stereocenters. The summed E-state index contributed by atoms with van der Waals surface area (Å²) in [5.74, 6) is -0.254. The zero-order valence-electron chi connectivity index (χ0n) is 10.5. The molecule has 1 aromatic carbocycles. The number of fused-ring (bicyclic) bond motifs is 1. The van der Waals surface area contributed by atoms with Crippen LogP contribution >= 0.6 is 23.7 Å². The van der Waals surface area contributed by atoms with Crippen LogP contribution in [0.25, 0.3) is 10.1 Å². The molecular weight excluding hydrogens is 284 g/mol. The Morgan fingerprint density at radius 3 is 2.79 bits per heavy atom. The number of rotatable bonds is 4. The highest BCUT2D eigenvalue weighted by atomic mass is 35.5. The lowest BCUT2D eigenvalue weighted by molar-refractivity contribution is -0.122. The minimum absolute atomic E-state index is 0. The average molecular weight is 301 g/mol. The van der Waals surface area contributed by atoms with Gasteiger partial charge in [0.2, 0.25) is 5.91 Å². The minimum atomic E-state index is -0.690. The number of hydrogen-bond acceptors (Lipinski definition) is 4. The van der Waals surface area contributed by atoms with Crippen LogP contribution in [0.3, 0.4) is 0 Å². The molecule has 19 heavy (non-hydrogen) atoms. The predicted molar refractivity (Wildman–Crippen MR) is 80.7 cm³/mol. The Morgan fingerprint density at radius 1 is 1.47 bits per heavy atom. The number of halogens is 1. The molecule has 2 aromatic rings. The first-order valence-electron chi connectivity index (χ1n) is 5.78. The van der Waals surface area contributed by atoms with Crippen molar-refractivity contribution in [3.05, 3.63) is 35.2 Å². The topological polar surface area (TPSA) is 75.4 Å². The molecule has 1 amide bonds. The van der Waals surface area contributed by atoms with Crippen LogP contribution < -0.4 is 11.1 Å². The Bertz CT molecular complexity index is 523. The standard InChI is InChI=1S/C13H16N2O2S.ClH/c1-8(14)13(17)15-7-10(16)12-6-9-4-2-3-5-11(9)18-12;/h2-6,8,10,16H,7,14H2,1H3,(H,15,17);1H/t8-,10?;/m1./s1. The van der Waals surface area contributed by atoms with Gasteiger partial charge in [-0.3, -0.25) is 4.79 Å². The molecule has 4 N–H and O–H groups in total. The molecule has 0 aliphatic carbocycles. The van der Waals surface area contributed by atoms with Gasteiger partial charge in [0.15, 0.2) is 0 Å². The van der Waals surface area contributed by atoms with Crippen LogP contribution in [0, 0.1) is 0 Å². The first-order chi connectivity index (χ1) is 8.58. The summed E-state index contributed by atoms with van der Waals surface area (Å²) in [5.41, 5.74) is 5.43. The van der Waals surface area contributed by atoms with Crippen LogP contribution in [0.5, 0.6) is 0 Å². The van der Waals surface area contributed by atoms with E-state index in [1.807, 2.05) is 30.3 Å². The third-order valence-electron chi connectivity index (χ3n) is 2.66. The second-order valence-corrected chi connectivity index (χ2v) is 5.35. The summed E-state index contributed by atoms with van der Waals surface area (Å²) in [6.07, 6.45) is -0.690. The summed E-state index contributed by atoms with van der Waals surface area (Å²) in [5, 5.41) is 13.7. The molecule has 6 heteroatoms. The van der Waals surface area contributed by atoms with Gasteiger partial charge in [-0.1, -0.05) is 18.2 Å². The van der Waals surface area contributed by atoms with Crippen LogP contribution in [0.2, 0.25) is 0 Å². The minimum Gasteiger partial charge on any atom is -0.386 e. The van der Waals surface area contributed by atoms with Gasteiger partial charge in [0, 0.05) is 16.1 Å². The molecule has 4 nitrogen and oxygen atoms in total. The molecule has 0 spiro atoms. The van der Waals surface area contributed by atoms with Crippen molar-refractivity contribution in [2.75, 3.05) is 6.54 Å². The SMILES string of the molecule is C[C@@H](N)C(=O)NCC(O)c1cc2ccccc2s1.Cl. The highest BCUT2D eigenvalue weighted by molar-refractivity contribution is 7.19. The van der Waals surface area contributed by atoms with Gasteiger partial charge < -0.3 is 16.2 Å². The summed E-state index contributed by atoms with van der Waals surface area (Å²) < 4.78 is 1.13. The fraction of sp³-hybridized carbons (Fsp3) is 0.308. The number of carbonyl (C=O) groups is 1. The van der Waals surface area contributed by atoms with E-state index in [2.05, 4.69) is 5.32 Å². The van der Waals surface area contributed by atoms with E-state index in [1.165, 1.54) is 11.3 Å². The van der Waals surface area contributed by atoms with Crippen LogP contribution in [0.4, 0.5) is 0 Å². The van der Waals surface area contributed by atoms with Gasteiger partial charge in [-0.05, 0) is 24.4 Å². The molecule has 0 aliphatic rings. The second-order valence-electron chi connectivity index (χ2n) is 4.24. The monoisotopic (exact) mass is 300 g/mol. The molecule has 0 radical (unpaired) electrons. The molecule has 104 valence electrons. The number of carbonyl (C=O) groups excluding carboxylic acids is 1. The Morgan fingerprint density at radius 2 is 2.16 bits per heavy atom. The summed E-state index contributed by atoms with van der Waals surface area (Å²) in [6.45, 7) is 1.80. The van der Waals surface area contributed by atoms with E-state index in [9.17, 15) is 9.90 Å². The normalized spacial score (nSPS) is 13.6. The Kier molecular flexibility index (Phi) is 5.75. The number of hydrogen-bond donors (Lipinski definition) is 3. The summed E-state index contributed by atoms with van der Waals surface area (Å²) in [4.78, 5) is 12.2. The lowest BCUT2D eigenvalue weighted by Crippen LogP contribution is -2.40. The molecule has 0 saturated carbocycles. The molecule has 1 aromatic heterocycles. The number of nitrogens with two attached hydrogens (primary N) is 1. The van der Waals surface area contributed by atoms with Gasteiger partial charge in [-0.2, -0.15) is 0 Å². The smallest absolute Gasteiger partial charge is 0.236 e. The molecule has 0 bridgehead atoms. The Labute approximate surface area is 122 Å². The van der Waals surface area contributed by atoms with Crippen molar-refractivity contribution in [1.82, 2.24) is 5.32 Å². The van der Waals surface area contributed by atoms with Gasteiger partial charge >= 0.3 is 0 Å². The van der Waals surface area contributed by atoms with Crippen molar-refractivity contribution in [2.24, 2.45) is 5.73 Å². The molecule has 0 fully saturated rings. The van der Waals surface area contributed by atoms with E-state index >= 15 is 0 Å². The third-order valence-corrected chi connectivity index (χ3v) is 3.87. The van der Waals surface area contributed by atoms with Gasteiger partial charge in [0.25, 0.3) is 0 Å². The van der Waals surface area contributed by atoms with E-state index in [1.54, 1.807) is 6.92 Å². The van der Waals surface area contributed by atoms with Gasteiger partial charge in [-0.25, -0.2) is 0 Å². The fourth-order valence-corrected chi connectivity index (χ4v) is 2.68. The molecule has 0 aliphatic heterocycles.